The number of sulfone groups is 1. The number of nitrogens with zero attached hydrogens (tertiary/aromatic N) is 5. The molecule has 1 fully saturated rings. The molecular formula is C39H31ClF9N5O4S. The number of ketones is 1. The van der Waals surface area contributed by atoms with Crippen molar-refractivity contribution in [3.8, 4) is 23.0 Å². The first-order chi connectivity index (χ1) is 27.4. The van der Waals surface area contributed by atoms with Crippen LogP contribution < -0.4 is 0 Å². The van der Waals surface area contributed by atoms with Gasteiger partial charge >= 0.3 is 5.51 Å². The fourth-order valence-corrected chi connectivity index (χ4v) is 8.69. The zero-order valence-electron chi connectivity index (χ0n) is 31.0. The van der Waals surface area contributed by atoms with Gasteiger partial charge in [0.2, 0.25) is 0 Å². The van der Waals surface area contributed by atoms with Crippen LogP contribution in [-0.2, 0) is 46.3 Å². The summed E-state index contributed by atoms with van der Waals surface area (Å²) in [5, 5.41) is 17.7. The lowest BCUT2D eigenvalue weighted by Crippen LogP contribution is -2.25. The van der Waals surface area contributed by atoms with Crippen LogP contribution in [0.15, 0.2) is 42.5 Å². The van der Waals surface area contributed by atoms with Gasteiger partial charge in [-0.25, -0.2) is 31.0 Å². The van der Waals surface area contributed by atoms with Gasteiger partial charge in [-0.05, 0) is 74.4 Å². The highest BCUT2D eigenvalue weighted by molar-refractivity contribution is 7.91. The van der Waals surface area contributed by atoms with Crippen LogP contribution >= 0.6 is 11.6 Å². The highest BCUT2D eigenvalue weighted by Gasteiger charge is 2.67. The number of halogens is 10. The Bertz CT molecular complexity index is 2690. The number of fused-ring (bicyclic) bond motifs is 4. The molecule has 2 aliphatic rings. The monoisotopic (exact) mass is 871 g/mol. The summed E-state index contributed by atoms with van der Waals surface area (Å²) < 4.78 is 155. The van der Waals surface area contributed by atoms with Crippen molar-refractivity contribution in [3.63, 3.8) is 0 Å². The predicted molar refractivity (Wildman–Crippen MR) is 195 cm³/mol. The topological polar surface area (TPSA) is 120 Å². The maximum absolute atomic E-state index is 15.4. The van der Waals surface area contributed by atoms with Crippen LogP contribution in [-0.4, -0.2) is 55.0 Å². The highest BCUT2D eigenvalue weighted by atomic mass is 35.5. The first kappa shape index (κ1) is 42.2. The number of pyridine rings is 1. The van der Waals surface area contributed by atoms with Gasteiger partial charge < -0.3 is 5.11 Å². The fraction of sp³-hybridized carbons (Fsp3) is 0.385. The molecule has 1 saturated carbocycles. The van der Waals surface area contributed by atoms with E-state index < -0.39 is 104 Å². The molecule has 0 spiro atoms. The Kier molecular flexibility index (Phi) is 10.5. The number of carbonyl (C=O) groups is 1. The number of Topliss-reactive ketones (excluding diaryl/α,β-unsaturated/α-hetero) is 1. The maximum Gasteiger partial charge on any atom is 0.497 e. The molecule has 9 nitrogen and oxygen atoms in total. The van der Waals surface area contributed by atoms with Crippen molar-refractivity contribution in [2.75, 3.05) is 0 Å². The van der Waals surface area contributed by atoms with E-state index in [9.17, 15) is 49.1 Å². The van der Waals surface area contributed by atoms with Crippen LogP contribution in [0.2, 0.25) is 5.02 Å². The Balaban J connectivity index is 1.39. The lowest BCUT2D eigenvalue weighted by atomic mass is 9.86. The largest absolute Gasteiger partial charge is 0.497 e. The van der Waals surface area contributed by atoms with E-state index in [2.05, 4.69) is 27.0 Å². The van der Waals surface area contributed by atoms with E-state index >= 15 is 8.78 Å². The number of alkyl halides is 7. The number of aromatic nitrogens is 5. The van der Waals surface area contributed by atoms with Gasteiger partial charge in [-0.1, -0.05) is 23.6 Å². The molecule has 312 valence electrons. The number of hydrogen-bond donors (Lipinski definition) is 1. The van der Waals surface area contributed by atoms with Gasteiger partial charge in [0, 0.05) is 53.4 Å². The standard InChI is InChI=1S/C39H31ClF9N5O4S/c1-37(2,56)9-8-22-4-5-24(25-6-7-28(40)31-29(51-53(3)34(25)31)17-59(57,58)39(47,48)49)32(50-22)19(10-18-11-20(41)14-21(42)12-18)13-23(55)16-54-35-30(33(52-54)36(43)44)26-15-27(26)38(35,45)46/h4-7,11-12,14,19,26-27,36,56H,10,13,15-17H2,1-3H3/t19-,26+,27-/m1/s1. The van der Waals surface area contributed by atoms with Crippen LogP contribution in [0.4, 0.5) is 39.5 Å². The number of aryl methyl sites for hydroxylation is 1. The molecule has 0 amide bonds. The minimum absolute atomic E-state index is 0.00579. The van der Waals surface area contributed by atoms with Gasteiger partial charge in [-0.2, -0.15) is 32.1 Å². The Morgan fingerprint density at radius 1 is 1.03 bits per heavy atom. The van der Waals surface area contributed by atoms with Crippen molar-refractivity contribution in [1.29, 1.82) is 0 Å². The van der Waals surface area contributed by atoms with Crippen LogP contribution in [0.5, 0.6) is 0 Å². The summed E-state index contributed by atoms with van der Waals surface area (Å²) in [4.78, 5) is 18.7. The average molecular weight is 872 g/mol. The van der Waals surface area contributed by atoms with Crippen molar-refractivity contribution >= 4 is 38.1 Å². The van der Waals surface area contributed by atoms with Crippen LogP contribution in [0.25, 0.3) is 22.0 Å². The third kappa shape index (κ3) is 8.06. The van der Waals surface area contributed by atoms with Gasteiger partial charge in [0.05, 0.1) is 21.9 Å². The molecule has 5 aromatic rings. The van der Waals surface area contributed by atoms with Crippen molar-refractivity contribution in [3.05, 3.63) is 98.7 Å². The summed E-state index contributed by atoms with van der Waals surface area (Å²) in [5.74, 6) is -5.86. The minimum atomic E-state index is -5.74. The number of benzene rings is 2. The summed E-state index contributed by atoms with van der Waals surface area (Å²) >= 11 is 6.45. The van der Waals surface area contributed by atoms with Gasteiger partial charge in [0.25, 0.3) is 22.2 Å². The molecule has 3 atom stereocenters. The Morgan fingerprint density at radius 2 is 1.69 bits per heavy atom. The van der Waals surface area contributed by atoms with Crippen LogP contribution in [0.1, 0.15) is 84.5 Å². The molecule has 0 aliphatic heterocycles. The quantitative estimate of drug-likeness (QED) is 0.105. The lowest BCUT2D eigenvalue weighted by Gasteiger charge is -2.22. The van der Waals surface area contributed by atoms with E-state index in [-0.39, 0.29) is 62.4 Å². The first-order valence-corrected chi connectivity index (χ1v) is 19.8. The molecule has 0 saturated heterocycles. The van der Waals surface area contributed by atoms with E-state index in [1.807, 2.05) is 0 Å². The Hall–Kier alpha value is -4.93. The molecule has 59 heavy (non-hydrogen) atoms. The summed E-state index contributed by atoms with van der Waals surface area (Å²) in [7, 11) is -4.43. The maximum atomic E-state index is 15.4. The number of carbonyl (C=O) groups excluding carboxylic acids is 1. The molecule has 3 heterocycles. The fourth-order valence-electron chi connectivity index (χ4n) is 7.70. The van der Waals surface area contributed by atoms with E-state index in [4.69, 9.17) is 11.6 Å². The molecule has 2 aliphatic carbocycles. The normalized spacial score (nSPS) is 17.8. The summed E-state index contributed by atoms with van der Waals surface area (Å²) in [6.45, 7) is 1.88. The highest BCUT2D eigenvalue weighted by Crippen LogP contribution is 2.68. The second-order valence-corrected chi connectivity index (χ2v) is 17.5. The van der Waals surface area contributed by atoms with Gasteiger partial charge in [0.1, 0.15) is 46.6 Å². The zero-order valence-corrected chi connectivity index (χ0v) is 32.6. The summed E-state index contributed by atoms with van der Waals surface area (Å²) in [5.41, 5.74) is -9.31. The Morgan fingerprint density at radius 3 is 2.32 bits per heavy atom. The van der Waals surface area contributed by atoms with Crippen molar-refractivity contribution < 1.29 is 57.8 Å². The van der Waals surface area contributed by atoms with Crippen LogP contribution in [0, 0.1) is 29.4 Å². The van der Waals surface area contributed by atoms with Crippen molar-refractivity contribution in [2.45, 2.75) is 80.7 Å². The molecule has 3 aromatic heterocycles. The van der Waals surface area contributed by atoms with Gasteiger partial charge in [-0.3, -0.25) is 14.2 Å². The molecule has 1 N–H and O–H groups in total. The van der Waals surface area contributed by atoms with Crippen LogP contribution in [0.3, 0.4) is 0 Å². The SMILES string of the molecule is Cn1nc(CS(=O)(=O)C(F)(F)F)c2c(Cl)ccc(-c3ccc(C#CC(C)(C)O)nc3[C@@H](CC(=O)Cn3nc(C(F)F)c4c3C(F)(F)[C@@H]3C[C@H]43)Cc3cc(F)cc(F)c3)c21. The minimum Gasteiger partial charge on any atom is -0.378 e. The Labute approximate surface area is 335 Å². The second kappa shape index (κ2) is 14.7. The first-order valence-electron chi connectivity index (χ1n) is 17.8. The molecule has 2 aromatic carbocycles. The number of rotatable bonds is 11. The lowest BCUT2D eigenvalue weighted by molar-refractivity contribution is -0.120. The molecule has 0 unspecified atom stereocenters. The second-order valence-electron chi connectivity index (χ2n) is 15.1. The molecule has 0 radical (unpaired) electrons. The molecule has 20 heteroatoms. The number of hydrogen-bond acceptors (Lipinski definition) is 7. The third-order valence-electron chi connectivity index (χ3n) is 10.2. The summed E-state index contributed by atoms with van der Waals surface area (Å²) in [6.07, 6.45) is -4.18. The third-order valence-corrected chi connectivity index (χ3v) is 11.8. The van der Waals surface area contributed by atoms with Gasteiger partial charge in [-0.15, -0.1) is 0 Å². The molecular weight excluding hydrogens is 841 g/mol. The predicted octanol–water partition coefficient (Wildman–Crippen LogP) is 8.45. The average Bonchev–Trinajstić information content (AvgIpc) is 3.65. The van der Waals surface area contributed by atoms with Crippen molar-refractivity contribution in [2.24, 2.45) is 13.0 Å². The van der Waals surface area contributed by atoms with Crippen molar-refractivity contribution in [1.82, 2.24) is 24.5 Å². The van der Waals surface area contributed by atoms with Gasteiger partial charge in [0.15, 0.2) is 5.78 Å². The van der Waals surface area contributed by atoms with E-state index in [1.54, 1.807) is 0 Å². The molecule has 0 bridgehead atoms. The number of aliphatic hydroxyl groups is 1. The van der Waals surface area contributed by atoms with E-state index in [0.29, 0.717) is 10.7 Å². The smallest absolute Gasteiger partial charge is 0.378 e. The van der Waals surface area contributed by atoms with E-state index in [0.717, 1.165) is 16.8 Å². The zero-order chi connectivity index (χ0) is 43.1. The molecule has 7 rings (SSSR count). The van der Waals surface area contributed by atoms with E-state index in [1.165, 1.54) is 45.2 Å². The summed E-state index contributed by atoms with van der Waals surface area (Å²) in [6, 6.07) is 8.10.